The molecule has 0 fully saturated rings. The van der Waals surface area contributed by atoms with Crippen LogP contribution in [0.15, 0.2) is 12.2 Å². The van der Waals surface area contributed by atoms with Crippen LogP contribution in [-0.4, -0.2) is 42.1 Å². The number of hydrogen-bond donors (Lipinski definition) is 0. The normalized spacial score (nSPS) is 10.9. The Hall–Kier alpha value is 0.833. The standard InChI is InChI=1S/C34H66O2.Na.Zn.H/c1-3-5-7-9-11-13-15-17-19-20-22-24-26-28-30-32-34(35)36-33-31-29-27-25-23-21-18-16-14-12-10-8-6-4-2;;;/h17,19H,3-16,18,20-33H2,1-2H3;;;/b19-17-;;;. The summed E-state index contributed by atoms with van der Waals surface area (Å²) in [5.41, 5.74) is 0. The van der Waals surface area contributed by atoms with Gasteiger partial charge in [0.2, 0.25) is 0 Å². The minimum atomic E-state index is 0. The molecule has 218 valence electrons. The van der Waals surface area contributed by atoms with E-state index in [2.05, 4.69) is 26.0 Å². The number of unbranched alkanes of at least 4 members (excludes halogenated alkanes) is 24. The largest absolute Gasteiger partial charge is 0 e. The molecule has 38 heavy (non-hydrogen) atoms. The second-order valence-corrected chi connectivity index (χ2v) is 11.2. The zero-order valence-corrected chi connectivity index (χ0v) is 28.7. The maximum Gasteiger partial charge on any atom is 0 e. The molecule has 0 unspecified atom stereocenters. The summed E-state index contributed by atoms with van der Waals surface area (Å²) in [6, 6.07) is 0. The molecule has 4 heteroatoms. The van der Waals surface area contributed by atoms with Gasteiger partial charge in [0, 0.05) is 25.9 Å². The molecule has 0 atom stereocenters. The Kier molecular flexibility index (Phi) is 45.5. The van der Waals surface area contributed by atoms with Gasteiger partial charge in [-0.05, 0) is 38.5 Å². The number of esters is 1. The molecule has 0 saturated heterocycles. The zero-order valence-electron chi connectivity index (χ0n) is 25.7. The van der Waals surface area contributed by atoms with Gasteiger partial charge in [-0.2, -0.15) is 0 Å². The van der Waals surface area contributed by atoms with E-state index in [0.717, 1.165) is 19.3 Å². The molecule has 0 aromatic rings. The first kappa shape index (κ1) is 43.3. The van der Waals surface area contributed by atoms with Gasteiger partial charge >= 0.3 is 35.5 Å². The van der Waals surface area contributed by atoms with Crippen molar-refractivity contribution in [3.63, 3.8) is 0 Å². The molecule has 0 aromatic heterocycles. The Bertz CT molecular complexity index is 456. The third kappa shape index (κ3) is 39.0. The molecule has 0 aliphatic heterocycles. The summed E-state index contributed by atoms with van der Waals surface area (Å²) >= 11 is 0. The minimum absolute atomic E-state index is 0. The summed E-state index contributed by atoms with van der Waals surface area (Å²) < 4.78 is 5.42. The van der Waals surface area contributed by atoms with Crippen LogP contribution in [0.3, 0.4) is 0 Å². The topological polar surface area (TPSA) is 26.3 Å². The molecule has 0 amide bonds. The fourth-order valence-electron chi connectivity index (χ4n) is 4.89. The van der Waals surface area contributed by atoms with E-state index in [9.17, 15) is 4.79 Å². The van der Waals surface area contributed by atoms with E-state index in [1.165, 1.54) is 154 Å². The van der Waals surface area contributed by atoms with Crippen molar-refractivity contribution in [1.82, 2.24) is 0 Å². The third-order valence-corrected chi connectivity index (χ3v) is 7.40. The summed E-state index contributed by atoms with van der Waals surface area (Å²) in [6.45, 7) is 5.19. The molecular weight excluding hydrogens is 529 g/mol. The van der Waals surface area contributed by atoms with Crippen molar-refractivity contribution in [3.05, 3.63) is 12.2 Å². The van der Waals surface area contributed by atoms with Crippen LogP contribution < -0.4 is 0 Å². The molecule has 0 bridgehead atoms. The van der Waals surface area contributed by atoms with Gasteiger partial charge < -0.3 is 4.74 Å². The molecule has 0 heterocycles. The molecule has 0 aliphatic carbocycles. The van der Waals surface area contributed by atoms with Crippen LogP contribution in [0.1, 0.15) is 194 Å². The molecule has 0 radical (unpaired) electrons. The van der Waals surface area contributed by atoms with Gasteiger partial charge in [-0.3, -0.25) is 4.79 Å². The van der Waals surface area contributed by atoms with Crippen LogP contribution >= 0.6 is 0 Å². The van der Waals surface area contributed by atoms with Crippen LogP contribution in [0.2, 0.25) is 0 Å². The van der Waals surface area contributed by atoms with Crippen LogP contribution in [-0.2, 0) is 29.0 Å². The van der Waals surface area contributed by atoms with E-state index >= 15 is 0 Å². The predicted molar refractivity (Wildman–Crippen MR) is 168 cm³/mol. The molecule has 0 aliphatic rings. The van der Waals surface area contributed by atoms with E-state index < -0.39 is 0 Å². The van der Waals surface area contributed by atoms with Crippen molar-refractivity contribution in [2.24, 2.45) is 0 Å². The molecule has 0 rings (SSSR count). The van der Waals surface area contributed by atoms with E-state index in [4.69, 9.17) is 4.74 Å². The van der Waals surface area contributed by atoms with Crippen LogP contribution in [0, 0.1) is 0 Å². The van der Waals surface area contributed by atoms with Crippen LogP contribution in [0.25, 0.3) is 0 Å². The Labute approximate surface area is 275 Å². The van der Waals surface area contributed by atoms with Gasteiger partial charge in [0.25, 0.3) is 0 Å². The average molecular weight is 596 g/mol. The first-order chi connectivity index (χ1) is 17.8. The van der Waals surface area contributed by atoms with Gasteiger partial charge in [0.1, 0.15) is 0 Å². The summed E-state index contributed by atoms with van der Waals surface area (Å²) in [6.07, 6.45) is 41.2. The Morgan fingerprint density at radius 2 is 0.789 bits per heavy atom. The smallest absolute Gasteiger partial charge is 0 e. The molecular formula is C34H67NaO2Zn. The molecule has 2 nitrogen and oxygen atoms in total. The molecule has 0 aromatic carbocycles. The SMILES string of the molecule is CCCCCCCC/C=C\CCCCCCCC(=O)OCCCCCCCCCCCCCCCC.[NaH].[Zn]. The van der Waals surface area contributed by atoms with Crippen molar-refractivity contribution in [1.29, 1.82) is 0 Å². The second-order valence-electron chi connectivity index (χ2n) is 11.2. The summed E-state index contributed by atoms with van der Waals surface area (Å²) in [7, 11) is 0. The monoisotopic (exact) mass is 594 g/mol. The van der Waals surface area contributed by atoms with Gasteiger partial charge in [0.05, 0.1) is 6.61 Å². The number of carbonyl (C=O) groups is 1. The minimum Gasteiger partial charge on any atom is 0 e. The Balaban J connectivity index is -0.00000612. The zero-order chi connectivity index (χ0) is 26.2. The van der Waals surface area contributed by atoms with Gasteiger partial charge in [-0.15, -0.1) is 0 Å². The van der Waals surface area contributed by atoms with Gasteiger partial charge in [0.15, 0.2) is 0 Å². The van der Waals surface area contributed by atoms with Crippen molar-refractivity contribution in [2.75, 3.05) is 6.61 Å². The van der Waals surface area contributed by atoms with Crippen LogP contribution in [0.4, 0.5) is 0 Å². The molecule has 0 spiro atoms. The maximum absolute atomic E-state index is 11.9. The summed E-state index contributed by atoms with van der Waals surface area (Å²) in [5, 5.41) is 0. The quantitative estimate of drug-likeness (QED) is 0.0357. The number of allylic oxidation sites excluding steroid dienone is 2. The van der Waals surface area contributed by atoms with Crippen molar-refractivity contribution >= 4 is 35.5 Å². The Morgan fingerprint density at radius 1 is 0.474 bits per heavy atom. The first-order valence-electron chi connectivity index (χ1n) is 16.6. The third-order valence-electron chi connectivity index (χ3n) is 7.40. The number of hydrogen-bond acceptors (Lipinski definition) is 2. The fraction of sp³-hybridized carbons (Fsp3) is 0.912. The predicted octanol–water partition coefficient (Wildman–Crippen LogP) is 11.4. The second kappa shape index (κ2) is 40.0. The van der Waals surface area contributed by atoms with Gasteiger partial charge in [-0.1, -0.05) is 161 Å². The summed E-state index contributed by atoms with van der Waals surface area (Å²) in [5.74, 6) is 0.0160. The van der Waals surface area contributed by atoms with Crippen molar-refractivity contribution in [3.8, 4) is 0 Å². The fourth-order valence-corrected chi connectivity index (χ4v) is 4.89. The summed E-state index contributed by atoms with van der Waals surface area (Å²) in [4.78, 5) is 11.9. The van der Waals surface area contributed by atoms with Gasteiger partial charge in [-0.25, -0.2) is 0 Å². The van der Waals surface area contributed by atoms with E-state index in [-0.39, 0.29) is 55.0 Å². The Morgan fingerprint density at radius 3 is 1.18 bits per heavy atom. The van der Waals surface area contributed by atoms with E-state index in [1.807, 2.05) is 0 Å². The number of ether oxygens (including phenoxy) is 1. The van der Waals surface area contributed by atoms with E-state index in [1.54, 1.807) is 0 Å². The van der Waals surface area contributed by atoms with Crippen molar-refractivity contribution < 1.29 is 29.0 Å². The van der Waals surface area contributed by atoms with E-state index in [0.29, 0.717) is 13.0 Å². The molecule has 0 saturated carbocycles. The first-order valence-corrected chi connectivity index (χ1v) is 16.6. The molecule has 0 N–H and O–H groups in total. The van der Waals surface area contributed by atoms with Crippen LogP contribution in [0.5, 0.6) is 0 Å². The average Bonchev–Trinajstić information content (AvgIpc) is 2.88. The number of carbonyl (C=O) groups excluding carboxylic acids is 1. The number of rotatable bonds is 30. The maximum atomic E-state index is 11.9. The van der Waals surface area contributed by atoms with Crippen molar-refractivity contribution in [2.45, 2.75) is 194 Å².